The quantitative estimate of drug-likeness (QED) is 0.588. The maximum Gasteiger partial charge on any atom is -0.00202 e. The van der Waals surface area contributed by atoms with Crippen molar-refractivity contribution in [3.63, 3.8) is 0 Å². The highest BCUT2D eigenvalue weighted by atomic mass is 14.2. The van der Waals surface area contributed by atoms with Crippen molar-refractivity contribution >= 4 is 0 Å². The van der Waals surface area contributed by atoms with E-state index in [4.69, 9.17) is 0 Å². The second kappa shape index (κ2) is 5.52. The smallest absolute Gasteiger partial charge is 0.00202 e. The van der Waals surface area contributed by atoms with Gasteiger partial charge in [0.05, 0.1) is 0 Å². The lowest BCUT2D eigenvalue weighted by Gasteiger charge is -2.07. The molecule has 86 valence electrons. The van der Waals surface area contributed by atoms with Gasteiger partial charge in [-0.3, -0.25) is 0 Å². The minimum absolute atomic E-state index is 1.00. The third-order valence-electron chi connectivity index (χ3n) is 3.25. The maximum atomic E-state index is 3.94. The van der Waals surface area contributed by atoms with Gasteiger partial charge < -0.3 is 0 Å². The third-order valence-corrected chi connectivity index (χ3v) is 3.25. The fourth-order valence-corrected chi connectivity index (χ4v) is 2.33. The summed E-state index contributed by atoms with van der Waals surface area (Å²) in [7, 11) is 0. The van der Waals surface area contributed by atoms with E-state index >= 15 is 0 Å². The Morgan fingerprint density at radius 1 is 1.12 bits per heavy atom. The van der Waals surface area contributed by atoms with Gasteiger partial charge in [-0.1, -0.05) is 37.0 Å². The molecular formula is C17H18. The summed E-state index contributed by atoms with van der Waals surface area (Å²) < 4.78 is 0. The summed E-state index contributed by atoms with van der Waals surface area (Å²) in [5.74, 6) is 0. The summed E-state index contributed by atoms with van der Waals surface area (Å²) in [5.41, 5.74) is 8.76. The number of hydrogen-bond donors (Lipinski definition) is 0. The molecule has 0 unspecified atom stereocenters. The average molecular weight is 222 g/mol. The van der Waals surface area contributed by atoms with E-state index in [0.717, 1.165) is 19.3 Å². The van der Waals surface area contributed by atoms with Crippen molar-refractivity contribution in [1.29, 1.82) is 0 Å². The first-order valence-electron chi connectivity index (χ1n) is 6.13. The van der Waals surface area contributed by atoms with Crippen LogP contribution >= 0.6 is 0 Å². The highest BCUT2D eigenvalue weighted by molar-refractivity contribution is 5.48. The number of allylic oxidation sites excluding steroid dienone is 10. The summed E-state index contributed by atoms with van der Waals surface area (Å²) in [6, 6.07) is 0. The minimum atomic E-state index is 1.00. The Morgan fingerprint density at radius 2 is 1.88 bits per heavy atom. The van der Waals surface area contributed by atoms with Crippen LogP contribution in [0.15, 0.2) is 77.1 Å². The van der Waals surface area contributed by atoms with E-state index in [1.165, 1.54) is 22.3 Å². The molecule has 0 aromatic heterocycles. The van der Waals surface area contributed by atoms with Gasteiger partial charge in [0, 0.05) is 0 Å². The predicted octanol–water partition coefficient (Wildman–Crippen LogP) is 4.81. The monoisotopic (exact) mass is 222 g/mol. The summed E-state index contributed by atoms with van der Waals surface area (Å²) in [4.78, 5) is 0. The molecule has 0 spiro atoms. The maximum absolute atomic E-state index is 3.94. The standard InChI is InChI=1S/C17H18/c1-3-8-16-13-17-10-7-5-6-9-15(17)12-11-14(16)4-2/h3-4,6-10H,2,11-13H2,1H3/b8-3-. The lowest BCUT2D eigenvalue weighted by molar-refractivity contribution is 0.969. The Bertz CT molecular complexity index is 498. The van der Waals surface area contributed by atoms with Crippen molar-refractivity contribution in [3.8, 4) is 0 Å². The fraction of sp³-hybridized carbons (Fsp3) is 0.235. The minimum Gasteiger partial charge on any atom is -0.121 e. The van der Waals surface area contributed by atoms with Crippen molar-refractivity contribution in [2.45, 2.75) is 26.2 Å². The largest absolute Gasteiger partial charge is 0.121 e. The predicted molar refractivity (Wildman–Crippen MR) is 74.7 cm³/mol. The van der Waals surface area contributed by atoms with E-state index in [-0.39, 0.29) is 0 Å². The normalized spacial score (nSPS) is 19.6. The molecule has 0 bridgehead atoms. The molecule has 0 heteroatoms. The topological polar surface area (TPSA) is 0 Å². The molecule has 0 fully saturated rings. The zero-order valence-electron chi connectivity index (χ0n) is 10.4. The molecule has 0 saturated heterocycles. The Labute approximate surface area is 104 Å². The van der Waals surface area contributed by atoms with Gasteiger partial charge in [-0.15, -0.1) is 5.73 Å². The lowest BCUT2D eigenvalue weighted by atomic mass is 9.98. The highest BCUT2D eigenvalue weighted by Gasteiger charge is 2.14. The van der Waals surface area contributed by atoms with Crippen molar-refractivity contribution in [2.24, 2.45) is 0 Å². The van der Waals surface area contributed by atoms with Crippen LogP contribution in [0.4, 0.5) is 0 Å². The molecule has 0 nitrogen and oxygen atoms in total. The van der Waals surface area contributed by atoms with Gasteiger partial charge in [0.2, 0.25) is 0 Å². The Hall–Kier alpha value is -1.78. The molecule has 0 aromatic carbocycles. The van der Waals surface area contributed by atoms with E-state index in [2.05, 4.69) is 43.5 Å². The number of hydrogen-bond acceptors (Lipinski definition) is 0. The van der Waals surface area contributed by atoms with E-state index in [1.54, 1.807) is 0 Å². The van der Waals surface area contributed by atoms with Crippen LogP contribution in [0.3, 0.4) is 0 Å². The molecule has 0 aliphatic heterocycles. The van der Waals surface area contributed by atoms with Crippen LogP contribution in [0.25, 0.3) is 0 Å². The summed E-state index contributed by atoms with van der Waals surface area (Å²) in [5, 5.41) is 0. The van der Waals surface area contributed by atoms with Crippen LogP contribution in [0.2, 0.25) is 0 Å². The van der Waals surface area contributed by atoms with Gasteiger partial charge >= 0.3 is 0 Å². The van der Waals surface area contributed by atoms with Gasteiger partial charge in [0.25, 0.3) is 0 Å². The second-order valence-corrected chi connectivity index (χ2v) is 4.32. The molecule has 2 aliphatic carbocycles. The summed E-state index contributed by atoms with van der Waals surface area (Å²) in [6.07, 6.45) is 17.9. The Morgan fingerprint density at radius 3 is 2.59 bits per heavy atom. The average Bonchev–Trinajstić information content (AvgIpc) is 2.63. The summed E-state index contributed by atoms with van der Waals surface area (Å²) >= 11 is 0. The van der Waals surface area contributed by atoms with Crippen LogP contribution in [0, 0.1) is 0 Å². The van der Waals surface area contributed by atoms with Crippen LogP contribution in [-0.4, -0.2) is 0 Å². The zero-order chi connectivity index (χ0) is 12.1. The lowest BCUT2D eigenvalue weighted by Crippen LogP contribution is -1.88. The SMILES string of the molecule is C=CC1=C(/C=C\C)CC2=CC=C=CC=C2CC1. The molecule has 2 aliphatic rings. The highest BCUT2D eigenvalue weighted by Crippen LogP contribution is 2.33. The van der Waals surface area contributed by atoms with E-state index in [0.29, 0.717) is 0 Å². The third kappa shape index (κ3) is 2.67. The van der Waals surface area contributed by atoms with Gasteiger partial charge in [0.15, 0.2) is 0 Å². The zero-order valence-corrected chi connectivity index (χ0v) is 10.4. The first kappa shape index (κ1) is 11.7. The van der Waals surface area contributed by atoms with Gasteiger partial charge in [-0.2, -0.15) is 0 Å². The molecular weight excluding hydrogens is 204 g/mol. The van der Waals surface area contributed by atoms with Gasteiger partial charge in [-0.25, -0.2) is 0 Å². The van der Waals surface area contributed by atoms with Crippen LogP contribution in [0.5, 0.6) is 0 Å². The van der Waals surface area contributed by atoms with E-state index < -0.39 is 0 Å². The fourth-order valence-electron chi connectivity index (χ4n) is 2.33. The van der Waals surface area contributed by atoms with E-state index in [9.17, 15) is 0 Å². The second-order valence-electron chi connectivity index (χ2n) is 4.32. The van der Waals surface area contributed by atoms with Crippen LogP contribution in [-0.2, 0) is 0 Å². The van der Waals surface area contributed by atoms with Crippen molar-refractivity contribution < 1.29 is 0 Å². The molecule has 0 heterocycles. The molecule has 0 N–H and O–H groups in total. The molecule has 0 saturated carbocycles. The van der Waals surface area contributed by atoms with Gasteiger partial charge in [0.1, 0.15) is 0 Å². The van der Waals surface area contributed by atoms with E-state index in [1.807, 2.05) is 18.2 Å². The van der Waals surface area contributed by atoms with Crippen molar-refractivity contribution in [3.05, 3.63) is 77.1 Å². The van der Waals surface area contributed by atoms with Crippen molar-refractivity contribution in [2.75, 3.05) is 0 Å². The molecule has 2 rings (SSSR count). The number of fused-ring (bicyclic) bond motifs is 1. The Balaban J connectivity index is 2.40. The molecule has 0 radical (unpaired) electrons. The molecule has 0 atom stereocenters. The van der Waals surface area contributed by atoms with Crippen LogP contribution in [0.1, 0.15) is 26.2 Å². The summed E-state index contributed by atoms with van der Waals surface area (Å²) in [6.45, 7) is 6.00. The molecule has 0 aromatic rings. The molecule has 17 heavy (non-hydrogen) atoms. The van der Waals surface area contributed by atoms with Crippen LogP contribution < -0.4 is 0 Å². The van der Waals surface area contributed by atoms with Crippen molar-refractivity contribution in [1.82, 2.24) is 0 Å². The number of rotatable bonds is 2. The molecule has 0 amide bonds. The Kier molecular flexibility index (Phi) is 3.80. The first-order valence-corrected chi connectivity index (χ1v) is 6.13. The van der Waals surface area contributed by atoms with Gasteiger partial charge in [-0.05, 0) is 60.6 Å². The first-order chi connectivity index (χ1) is 8.35.